The quantitative estimate of drug-likeness (QED) is 0.750. The van der Waals surface area contributed by atoms with Gasteiger partial charge < -0.3 is 9.47 Å². The molecular formula is C11H15ClO2. The van der Waals surface area contributed by atoms with Crippen LogP contribution in [0.15, 0.2) is 18.2 Å². The molecule has 14 heavy (non-hydrogen) atoms. The largest absolute Gasteiger partial charge is 0.493 e. The third kappa shape index (κ3) is 3.11. The average Bonchev–Trinajstić information content (AvgIpc) is 2.06. The first-order chi connectivity index (χ1) is 6.42. The standard InChI is InChI=1S/C11H15ClO2/c1-11(2,3)14-9-6-5-8(12)7-10(9)13-4/h5-7H,1-4H3. The van der Waals surface area contributed by atoms with Gasteiger partial charge in [0.25, 0.3) is 0 Å². The van der Waals surface area contributed by atoms with E-state index >= 15 is 0 Å². The lowest BCUT2D eigenvalue weighted by Gasteiger charge is -2.22. The maximum atomic E-state index is 5.83. The average molecular weight is 215 g/mol. The highest BCUT2D eigenvalue weighted by Gasteiger charge is 2.15. The maximum Gasteiger partial charge on any atom is 0.162 e. The fraction of sp³-hybridized carbons (Fsp3) is 0.455. The second-order valence-corrected chi connectivity index (χ2v) is 4.45. The van der Waals surface area contributed by atoms with Crippen molar-refractivity contribution >= 4 is 11.6 Å². The van der Waals surface area contributed by atoms with Gasteiger partial charge in [0.15, 0.2) is 11.5 Å². The van der Waals surface area contributed by atoms with Gasteiger partial charge in [-0.2, -0.15) is 0 Å². The van der Waals surface area contributed by atoms with Gasteiger partial charge in [-0.1, -0.05) is 11.6 Å². The molecule has 0 aliphatic carbocycles. The monoisotopic (exact) mass is 214 g/mol. The smallest absolute Gasteiger partial charge is 0.162 e. The Bertz CT molecular complexity index is 316. The van der Waals surface area contributed by atoms with Crippen LogP contribution in [0.2, 0.25) is 5.02 Å². The Morgan fingerprint density at radius 1 is 1.14 bits per heavy atom. The first kappa shape index (κ1) is 11.2. The lowest BCUT2D eigenvalue weighted by Crippen LogP contribution is -2.23. The molecule has 0 atom stereocenters. The lowest BCUT2D eigenvalue weighted by atomic mass is 10.2. The summed E-state index contributed by atoms with van der Waals surface area (Å²) in [6.45, 7) is 5.96. The third-order valence-corrected chi connectivity index (χ3v) is 1.78. The topological polar surface area (TPSA) is 18.5 Å². The van der Waals surface area contributed by atoms with Gasteiger partial charge in [-0.25, -0.2) is 0 Å². The van der Waals surface area contributed by atoms with Crippen LogP contribution in [-0.2, 0) is 0 Å². The van der Waals surface area contributed by atoms with E-state index in [1.54, 1.807) is 19.2 Å². The SMILES string of the molecule is COc1cc(Cl)ccc1OC(C)(C)C. The molecular weight excluding hydrogens is 200 g/mol. The maximum absolute atomic E-state index is 5.83. The Morgan fingerprint density at radius 2 is 1.79 bits per heavy atom. The Labute approximate surface area is 89.8 Å². The van der Waals surface area contributed by atoms with Gasteiger partial charge in [-0.05, 0) is 32.9 Å². The van der Waals surface area contributed by atoms with E-state index in [0.29, 0.717) is 16.5 Å². The second-order valence-electron chi connectivity index (χ2n) is 4.01. The molecule has 0 spiro atoms. The Kier molecular flexibility index (Phi) is 3.27. The van der Waals surface area contributed by atoms with Crippen molar-refractivity contribution in [3.63, 3.8) is 0 Å². The lowest BCUT2D eigenvalue weighted by molar-refractivity contribution is 0.125. The molecule has 1 aromatic carbocycles. The van der Waals surface area contributed by atoms with E-state index in [4.69, 9.17) is 21.1 Å². The Hall–Kier alpha value is -0.890. The fourth-order valence-corrected chi connectivity index (χ4v) is 1.22. The molecule has 2 nitrogen and oxygen atoms in total. The molecule has 0 aromatic heterocycles. The molecule has 3 heteroatoms. The summed E-state index contributed by atoms with van der Waals surface area (Å²) in [6.07, 6.45) is 0. The van der Waals surface area contributed by atoms with Gasteiger partial charge in [0.1, 0.15) is 5.60 Å². The van der Waals surface area contributed by atoms with Crippen molar-refractivity contribution in [2.45, 2.75) is 26.4 Å². The van der Waals surface area contributed by atoms with E-state index in [1.165, 1.54) is 0 Å². The van der Waals surface area contributed by atoms with E-state index in [-0.39, 0.29) is 5.60 Å². The normalized spacial score (nSPS) is 11.2. The van der Waals surface area contributed by atoms with Gasteiger partial charge in [-0.3, -0.25) is 0 Å². The number of hydrogen-bond acceptors (Lipinski definition) is 2. The first-order valence-electron chi connectivity index (χ1n) is 4.45. The van der Waals surface area contributed by atoms with Crippen molar-refractivity contribution in [2.75, 3.05) is 7.11 Å². The predicted molar refractivity (Wildman–Crippen MR) is 58.4 cm³/mol. The van der Waals surface area contributed by atoms with E-state index in [1.807, 2.05) is 26.8 Å². The zero-order valence-electron chi connectivity index (χ0n) is 8.93. The number of rotatable bonds is 2. The zero-order valence-corrected chi connectivity index (χ0v) is 9.68. The van der Waals surface area contributed by atoms with Crippen LogP contribution in [0.25, 0.3) is 0 Å². The van der Waals surface area contributed by atoms with Crippen LogP contribution < -0.4 is 9.47 Å². The van der Waals surface area contributed by atoms with Crippen LogP contribution in [-0.4, -0.2) is 12.7 Å². The molecule has 0 amide bonds. The van der Waals surface area contributed by atoms with E-state index in [2.05, 4.69) is 0 Å². The minimum atomic E-state index is -0.235. The van der Waals surface area contributed by atoms with E-state index in [0.717, 1.165) is 0 Å². The van der Waals surface area contributed by atoms with Crippen molar-refractivity contribution in [1.29, 1.82) is 0 Å². The molecule has 0 saturated heterocycles. The van der Waals surface area contributed by atoms with Crippen molar-refractivity contribution in [2.24, 2.45) is 0 Å². The molecule has 1 rings (SSSR count). The first-order valence-corrected chi connectivity index (χ1v) is 4.83. The highest BCUT2D eigenvalue weighted by atomic mass is 35.5. The molecule has 0 fully saturated rings. The number of ether oxygens (including phenoxy) is 2. The van der Waals surface area contributed by atoms with Crippen molar-refractivity contribution in [1.82, 2.24) is 0 Å². The summed E-state index contributed by atoms with van der Waals surface area (Å²) in [5.41, 5.74) is -0.235. The molecule has 0 saturated carbocycles. The molecule has 0 N–H and O–H groups in total. The number of methoxy groups -OCH3 is 1. The van der Waals surface area contributed by atoms with Crippen molar-refractivity contribution in [3.05, 3.63) is 23.2 Å². The molecule has 78 valence electrons. The highest BCUT2D eigenvalue weighted by Crippen LogP contribution is 2.32. The summed E-state index contributed by atoms with van der Waals surface area (Å²) >= 11 is 5.83. The third-order valence-electron chi connectivity index (χ3n) is 1.54. The summed E-state index contributed by atoms with van der Waals surface area (Å²) in [7, 11) is 1.60. The molecule has 0 aliphatic heterocycles. The number of hydrogen-bond donors (Lipinski definition) is 0. The summed E-state index contributed by atoms with van der Waals surface area (Å²) in [6, 6.07) is 5.33. The molecule has 0 bridgehead atoms. The summed E-state index contributed by atoms with van der Waals surface area (Å²) in [5, 5.41) is 0.642. The van der Waals surface area contributed by atoms with E-state index < -0.39 is 0 Å². The molecule has 0 heterocycles. The van der Waals surface area contributed by atoms with Crippen LogP contribution >= 0.6 is 11.6 Å². The van der Waals surface area contributed by atoms with Gasteiger partial charge >= 0.3 is 0 Å². The molecule has 0 unspecified atom stereocenters. The summed E-state index contributed by atoms with van der Waals surface area (Å²) in [4.78, 5) is 0. The van der Waals surface area contributed by atoms with Gasteiger partial charge in [0.05, 0.1) is 7.11 Å². The van der Waals surface area contributed by atoms with Crippen LogP contribution in [0.3, 0.4) is 0 Å². The minimum Gasteiger partial charge on any atom is -0.493 e. The van der Waals surface area contributed by atoms with Crippen LogP contribution in [0.1, 0.15) is 20.8 Å². The van der Waals surface area contributed by atoms with Gasteiger partial charge in [-0.15, -0.1) is 0 Å². The summed E-state index contributed by atoms with van der Waals surface area (Å²) < 4.78 is 10.9. The predicted octanol–water partition coefficient (Wildman–Crippen LogP) is 3.53. The van der Waals surface area contributed by atoms with Crippen LogP contribution in [0, 0.1) is 0 Å². The molecule has 0 aliphatic rings. The highest BCUT2D eigenvalue weighted by molar-refractivity contribution is 6.30. The Morgan fingerprint density at radius 3 is 2.29 bits per heavy atom. The van der Waals surface area contributed by atoms with Crippen LogP contribution in [0.4, 0.5) is 0 Å². The van der Waals surface area contributed by atoms with Crippen molar-refractivity contribution in [3.8, 4) is 11.5 Å². The zero-order chi connectivity index (χ0) is 10.8. The second kappa shape index (κ2) is 4.09. The Balaban J connectivity index is 2.97. The minimum absolute atomic E-state index is 0.235. The van der Waals surface area contributed by atoms with Gasteiger partial charge in [0, 0.05) is 11.1 Å². The number of halogens is 1. The van der Waals surface area contributed by atoms with E-state index in [9.17, 15) is 0 Å². The molecule has 0 radical (unpaired) electrons. The molecule has 1 aromatic rings. The fourth-order valence-electron chi connectivity index (χ4n) is 1.06. The van der Waals surface area contributed by atoms with Gasteiger partial charge in [0.2, 0.25) is 0 Å². The van der Waals surface area contributed by atoms with Crippen molar-refractivity contribution < 1.29 is 9.47 Å². The summed E-state index contributed by atoms with van der Waals surface area (Å²) in [5.74, 6) is 1.37. The van der Waals surface area contributed by atoms with Crippen LogP contribution in [0.5, 0.6) is 11.5 Å². The number of benzene rings is 1.